The Balaban J connectivity index is 1.13. The van der Waals surface area contributed by atoms with E-state index >= 15 is 0 Å². The first-order valence-electron chi connectivity index (χ1n) is 20.8. The minimum absolute atomic E-state index is 0.213. The molecule has 0 radical (unpaired) electrons. The Morgan fingerprint density at radius 1 is 0.390 bits per heavy atom. The second-order valence-electron chi connectivity index (χ2n) is 17.4. The van der Waals surface area contributed by atoms with Crippen LogP contribution < -0.4 is 9.80 Å². The number of fused-ring (bicyclic) bond motifs is 11. The molecule has 0 fully saturated rings. The van der Waals surface area contributed by atoms with Gasteiger partial charge in [-0.15, -0.1) is 0 Å². The predicted octanol–water partition coefficient (Wildman–Crippen LogP) is 15.2. The standard InChI is InChI=1S/C56H43N3/c1-55(2)46-28-18-17-27-43(46)50-51-48(58(40-23-13-7-14-24-40)41-25-15-8-16-26-41)32-31-44-49-45-34-36-29-30-42(57(38-19-9-5-10-20-38)39-21-11-6-12-22-39)33-37(36)35-47(45)56(3,4)53(49)59(52(44)51)54(50)55/h5-35H,1-4H3. The van der Waals surface area contributed by atoms with Crippen LogP contribution in [0, 0.1) is 0 Å². The van der Waals surface area contributed by atoms with Gasteiger partial charge in [-0.3, -0.25) is 0 Å². The van der Waals surface area contributed by atoms with Gasteiger partial charge in [0.2, 0.25) is 0 Å². The van der Waals surface area contributed by atoms with Gasteiger partial charge in [-0.05, 0) is 112 Å². The topological polar surface area (TPSA) is 10.9 Å². The number of rotatable bonds is 6. The van der Waals surface area contributed by atoms with E-state index in [4.69, 9.17) is 0 Å². The van der Waals surface area contributed by atoms with Gasteiger partial charge in [0.1, 0.15) is 0 Å². The molecule has 0 aliphatic heterocycles. The summed E-state index contributed by atoms with van der Waals surface area (Å²) in [4.78, 5) is 4.82. The predicted molar refractivity (Wildman–Crippen MR) is 248 cm³/mol. The van der Waals surface area contributed by atoms with Gasteiger partial charge in [-0.25, -0.2) is 0 Å². The van der Waals surface area contributed by atoms with E-state index in [0.717, 1.165) is 28.4 Å². The van der Waals surface area contributed by atoms with E-state index in [1.54, 1.807) is 0 Å². The number of nitrogens with zero attached hydrogens (tertiary/aromatic N) is 3. The summed E-state index contributed by atoms with van der Waals surface area (Å²) in [5.74, 6) is 0. The maximum Gasteiger partial charge on any atom is 0.0636 e. The lowest BCUT2D eigenvalue weighted by Gasteiger charge is -2.27. The summed E-state index contributed by atoms with van der Waals surface area (Å²) in [5.41, 5.74) is 18.8. The van der Waals surface area contributed by atoms with Crippen LogP contribution in [0.25, 0.3) is 49.3 Å². The van der Waals surface area contributed by atoms with E-state index in [-0.39, 0.29) is 10.8 Å². The van der Waals surface area contributed by atoms with E-state index < -0.39 is 0 Å². The van der Waals surface area contributed by atoms with Gasteiger partial charge >= 0.3 is 0 Å². The lowest BCUT2D eigenvalue weighted by Crippen LogP contribution is -2.23. The molecule has 2 heterocycles. The normalized spacial score (nSPS) is 14.4. The summed E-state index contributed by atoms with van der Waals surface area (Å²) in [6, 6.07) is 69.0. The summed E-state index contributed by atoms with van der Waals surface area (Å²) < 4.78 is 2.72. The third-order valence-corrected chi connectivity index (χ3v) is 13.3. The highest BCUT2D eigenvalue weighted by Gasteiger charge is 2.47. The largest absolute Gasteiger partial charge is 0.314 e. The minimum atomic E-state index is -0.268. The van der Waals surface area contributed by atoms with E-state index in [1.807, 2.05) is 0 Å². The first-order valence-corrected chi connectivity index (χ1v) is 20.8. The van der Waals surface area contributed by atoms with E-state index in [9.17, 15) is 0 Å². The fourth-order valence-corrected chi connectivity index (χ4v) is 10.8. The molecule has 59 heavy (non-hydrogen) atoms. The molecule has 2 aliphatic carbocycles. The van der Waals surface area contributed by atoms with Gasteiger partial charge in [0.25, 0.3) is 0 Å². The van der Waals surface area contributed by atoms with Crippen molar-refractivity contribution in [3.8, 4) is 22.3 Å². The molecule has 3 heteroatoms. The van der Waals surface area contributed by atoms with Gasteiger partial charge < -0.3 is 14.2 Å². The molecular weight excluding hydrogens is 715 g/mol. The fourth-order valence-electron chi connectivity index (χ4n) is 10.8. The van der Waals surface area contributed by atoms with E-state index in [0.29, 0.717) is 0 Å². The van der Waals surface area contributed by atoms with Crippen molar-refractivity contribution < 1.29 is 0 Å². The van der Waals surface area contributed by atoms with Crippen molar-refractivity contribution >= 4 is 61.2 Å². The van der Waals surface area contributed by atoms with Crippen molar-refractivity contribution in [2.45, 2.75) is 38.5 Å². The Morgan fingerprint density at radius 2 is 0.915 bits per heavy atom. The van der Waals surface area contributed by atoms with Gasteiger partial charge in [-0.2, -0.15) is 0 Å². The summed E-state index contributed by atoms with van der Waals surface area (Å²) in [6.45, 7) is 9.76. The summed E-state index contributed by atoms with van der Waals surface area (Å²) in [6.07, 6.45) is 0. The van der Waals surface area contributed by atoms with Crippen LogP contribution >= 0.6 is 0 Å². The van der Waals surface area contributed by atoms with Crippen molar-refractivity contribution in [2.24, 2.45) is 0 Å². The van der Waals surface area contributed by atoms with Gasteiger partial charge in [-0.1, -0.05) is 137 Å². The highest BCUT2D eigenvalue weighted by molar-refractivity contribution is 6.21. The zero-order valence-electron chi connectivity index (χ0n) is 33.7. The molecule has 10 aromatic rings. The van der Waals surface area contributed by atoms with Gasteiger partial charge in [0.15, 0.2) is 0 Å². The minimum Gasteiger partial charge on any atom is -0.314 e. The van der Waals surface area contributed by atoms with Crippen LogP contribution in [0.1, 0.15) is 50.2 Å². The lowest BCUT2D eigenvalue weighted by molar-refractivity contribution is 0.588. The molecule has 282 valence electrons. The second-order valence-corrected chi connectivity index (χ2v) is 17.4. The Labute approximate surface area is 345 Å². The van der Waals surface area contributed by atoms with Crippen LogP contribution in [-0.2, 0) is 10.8 Å². The molecule has 12 rings (SSSR count). The summed E-state index contributed by atoms with van der Waals surface area (Å²) in [5, 5.41) is 5.15. The van der Waals surface area contributed by atoms with Crippen LogP contribution in [0.5, 0.6) is 0 Å². The number of hydrogen-bond acceptors (Lipinski definition) is 2. The Kier molecular flexibility index (Phi) is 7.03. The molecule has 0 bridgehead atoms. The fraction of sp³-hybridized carbons (Fsp3) is 0.107. The number of hydrogen-bond donors (Lipinski definition) is 0. The highest BCUT2D eigenvalue weighted by atomic mass is 15.2. The average Bonchev–Trinajstić information content (AvgIpc) is 3.94. The van der Waals surface area contributed by atoms with Crippen LogP contribution in [-0.4, -0.2) is 4.40 Å². The monoisotopic (exact) mass is 757 g/mol. The Bertz CT molecular complexity index is 3170. The first kappa shape index (κ1) is 34.0. The molecule has 0 amide bonds. The number of benzene rings is 8. The maximum atomic E-state index is 2.72. The van der Waals surface area contributed by atoms with Crippen LogP contribution in [0.15, 0.2) is 188 Å². The Hall–Kier alpha value is -7.10. The molecule has 0 saturated heterocycles. The van der Waals surface area contributed by atoms with Crippen LogP contribution in [0.4, 0.5) is 34.1 Å². The second kappa shape index (κ2) is 12.2. The number of anilines is 6. The molecular formula is C56H43N3. The van der Waals surface area contributed by atoms with Crippen molar-refractivity contribution in [3.63, 3.8) is 0 Å². The molecule has 0 unspecified atom stereocenters. The number of aromatic nitrogens is 1. The lowest BCUT2D eigenvalue weighted by atomic mass is 9.83. The quantitative estimate of drug-likeness (QED) is 0.167. The zero-order chi connectivity index (χ0) is 39.6. The van der Waals surface area contributed by atoms with Gasteiger partial charge in [0, 0.05) is 72.6 Å². The SMILES string of the molecule is CC1(C)c2cc3cc(N(c4ccccc4)c4ccccc4)ccc3cc2-c2c1n1c3c(c4c(N(c5ccccc5)c5ccccc5)ccc2c41)-c1ccccc1C3(C)C. The van der Waals surface area contributed by atoms with Crippen molar-refractivity contribution in [2.75, 3.05) is 9.80 Å². The van der Waals surface area contributed by atoms with Crippen molar-refractivity contribution in [1.82, 2.24) is 4.40 Å². The molecule has 8 aromatic carbocycles. The van der Waals surface area contributed by atoms with Crippen LogP contribution in [0.3, 0.4) is 0 Å². The third kappa shape index (κ3) is 4.64. The van der Waals surface area contributed by atoms with E-state index in [1.165, 1.54) is 77.5 Å². The average molecular weight is 758 g/mol. The van der Waals surface area contributed by atoms with Crippen molar-refractivity contribution in [1.29, 1.82) is 0 Å². The first-order chi connectivity index (χ1) is 28.8. The smallest absolute Gasteiger partial charge is 0.0636 e. The van der Waals surface area contributed by atoms with Crippen LogP contribution in [0.2, 0.25) is 0 Å². The maximum absolute atomic E-state index is 2.72. The molecule has 0 saturated carbocycles. The molecule has 2 aromatic heterocycles. The van der Waals surface area contributed by atoms with Crippen molar-refractivity contribution in [3.05, 3.63) is 211 Å². The summed E-state index contributed by atoms with van der Waals surface area (Å²) in [7, 11) is 0. The molecule has 3 nitrogen and oxygen atoms in total. The third-order valence-electron chi connectivity index (χ3n) is 13.3. The molecule has 0 spiro atoms. The zero-order valence-corrected chi connectivity index (χ0v) is 33.7. The molecule has 0 atom stereocenters. The molecule has 2 aliphatic rings. The van der Waals surface area contributed by atoms with Gasteiger partial charge in [0.05, 0.1) is 11.2 Å². The molecule has 0 N–H and O–H groups in total. The highest BCUT2D eigenvalue weighted by Crippen LogP contribution is 2.62. The summed E-state index contributed by atoms with van der Waals surface area (Å²) >= 11 is 0. The number of para-hydroxylation sites is 4. The van der Waals surface area contributed by atoms with E-state index in [2.05, 4.69) is 230 Å². The Morgan fingerprint density at radius 3 is 1.53 bits per heavy atom.